The van der Waals surface area contributed by atoms with Crippen LogP contribution in [0.15, 0.2) is 39.5 Å². The molecule has 0 spiro atoms. The molecular formula is C16H14N2O5. The Labute approximate surface area is 130 Å². The summed E-state index contributed by atoms with van der Waals surface area (Å²) in [4.78, 5) is 28.7. The van der Waals surface area contributed by atoms with Crippen molar-refractivity contribution >= 4 is 33.9 Å². The SMILES string of the molecule is CCOC(=O)c1cc2oc3ccccc3c(=O)c2nc1N(C)O. The number of pyridine rings is 1. The molecule has 1 N–H and O–H groups in total. The molecule has 3 aromatic rings. The molecule has 0 atom stereocenters. The second-order valence-electron chi connectivity index (χ2n) is 4.88. The van der Waals surface area contributed by atoms with Crippen LogP contribution in [0.4, 0.5) is 5.82 Å². The van der Waals surface area contributed by atoms with Crippen LogP contribution in [0.25, 0.3) is 22.1 Å². The number of rotatable bonds is 3. The number of aromatic nitrogens is 1. The Kier molecular flexibility index (Phi) is 3.71. The summed E-state index contributed by atoms with van der Waals surface area (Å²) < 4.78 is 10.6. The summed E-state index contributed by atoms with van der Waals surface area (Å²) in [5.41, 5.74) is 0.268. The summed E-state index contributed by atoms with van der Waals surface area (Å²) >= 11 is 0. The van der Waals surface area contributed by atoms with Crippen molar-refractivity contribution in [3.8, 4) is 0 Å². The quantitative estimate of drug-likeness (QED) is 0.450. The third-order valence-electron chi connectivity index (χ3n) is 3.34. The number of anilines is 1. The molecule has 3 rings (SSSR count). The van der Waals surface area contributed by atoms with Crippen molar-refractivity contribution < 1.29 is 19.2 Å². The van der Waals surface area contributed by atoms with E-state index in [2.05, 4.69) is 4.98 Å². The van der Waals surface area contributed by atoms with E-state index in [1.165, 1.54) is 13.1 Å². The van der Waals surface area contributed by atoms with Gasteiger partial charge in [0.15, 0.2) is 16.9 Å². The van der Waals surface area contributed by atoms with E-state index in [0.29, 0.717) is 16.0 Å². The lowest BCUT2D eigenvalue weighted by Crippen LogP contribution is -2.19. The van der Waals surface area contributed by atoms with Gasteiger partial charge in [0.25, 0.3) is 0 Å². The first kappa shape index (κ1) is 15.0. The van der Waals surface area contributed by atoms with E-state index < -0.39 is 5.97 Å². The van der Waals surface area contributed by atoms with E-state index in [1.54, 1.807) is 31.2 Å². The molecule has 1 aromatic carbocycles. The minimum atomic E-state index is -0.659. The van der Waals surface area contributed by atoms with Gasteiger partial charge in [0.05, 0.1) is 12.0 Å². The minimum Gasteiger partial charge on any atom is -0.462 e. The molecule has 0 saturated carbocycles. The molecule has 23 heavy (non-hydrogen) atoms. The van der Waals surface area contributed by atoms with Crippen molar-refractivity contribution in [3.63, 3.8) is 0 Å². The predicted octanol–water partition coefficient (Wildman–Crippen LogP) is 2.34. The second-order valence-corrected chi connectivity index (χ2v) is 4.88. The summed E-state index contributed by atoms with van der Waals surface area (Å²) in [6.45, 7) is 1.84. The van der Waals surface area contributed by atoms with E-state index in [-0.39, 0.29) is 34.5 Å². The fraction of sp³-hybridized carbons (Fsp3) is 0.188. The molecule has 7 heteroatoms. The number of para-hydroxylation sites is 1. The van der Waals surface area contributed by atoms with Crippen LogP contribution >= 0.6 is 0 Å². The Morgan fingerprint density at radius 1 is 1.35 bits per heavy atom. The number of benzene rings is 1. The van der Waals surface area contributed by atoms with Gasteiger partial charge in [-0.05, 0) is 19.1 Å². The minimum absolute atomic E-state index is 0.0165. The first-order valence-corrected chi connectivity index (χ1v) is 6.99. The number of carbonyl (C=O) groups excluding carboxylic acids is 1. The number of ether oxygens (including phenoxy) is 1. The normalized spacial score (nSPS) is 10.9. The number of hydrogen-bond acceptors (Lipinski definition) is 7. The van der Waals surface area contributed by atoms with Gasteiger partial charge in [-0.3, -0.25) is 10.0 Å². The molecule has 2 heterocycles. The highest BCUT2D eigenvalue weighted by atomic mass is 16.5. The fourth-order valence-electron chi connectivity index (χ4n) is 2.32. The van der Waals surface area contributed by atoms with Crippen molar-refractivity contribution in [2.75, 3.05) is 18.7 Å². The third kappa shape index (κ3) is 2.51. The molecule has 7 nitrogen and oxygen atoms in total. The van der Waals surface area contributed by atoms with Crippen LogP contribution < -0.4 is 10.5 Å². The van der Waals surface area contributed by atoms with Crippen LogP contribution in [0, 0.1) is 0 Å². The zero-order valence-corrected chi connectivity index (χ0v) is 12.6. The molecule has 0 aliphatic rings. The predicted molar refractivity (Wildman–Crippen MR) is 83.9 cm³/mol. The maximum atomic E-state index is 12.5. The van der Waals surface area contributed by atoms with Gasteiger partial charge in [-0.2, -0.15) is 0 Å². The van der Waals surface area contributed by atoms with Gasteiger partial charge in [-0.25, -0.2) is 14.8 Å². The summed E-state index contributed by atoms with van der Waals surface area (Å²) in [6, 6.07) is 8.11. The Balaban J connectivity index is 2.37. The topological polar surface area (TPSA) is 92.9 Å². The monoisotopic (exact) mass is 314 g/mol. The highest BCUT2D eigenvalue weighted by molar-refractivity contribution is 5.99. The molecule has 0 saturated heterocycles. The van der Waals surface area contributed by atoms with Crippen molar-refractivity contribution in [2.24, 2.45) is 0 Å². The fourth-order valence-corrected chi connectivity index (χ4v) is 2.32. The van der Waals surface area contributed by atoms with Gasteiger partial charge in [0.2, 0.25) is 5.43 Å². The highest BCUT2D eigenvalue weighted by Crippen LogP contribution is 2.24. The standard InChI is InChI=1S/C16H14N2O5/c1-3-22-16(20)10-8-12-13(17-15(10)18(2)21)14(19)9-6-4-5-7-11(9)23-12/h4-8,21H,3H2,1-2H3. The van der Waals surface area contributed by atoms with Gasteiger partial charge in [-0.1, -0.05) is 12.1 Å². The highest BCUT2D eigenvalue weighted by Gasteiger charge is 2.21. The number of hydrogen-bond donors (Lipinski definition) is 1. The Morgan fingerprint density at radius 2 is 2.09 bits per heavy atom. The van der Waals surface area contributed by atoms with Crippen LogP contribution in [0.1, 0.15) is 17.3 Å². The molecule has 118 valence electrons. The third-order valence-corrected chi connectivity index (χ3v) is 3.34. The van der Waals surface area contributed by atoms with Crippen LogP contribution in [0.3, 0.4) is 0 Å². The second kappa shape index (κ2) is 5.69. The smallest absolute Gasteiger partial charge is 0.342 e. The van der Waals surface area contributed by atoms with E-state index in [1.807, 2.05) is 0 Å². The first-order chi connectivity index (χ1) is 11.0. The molecule has 0 amide bonds. The van der Waals surface area contributed by atoms with Gasteiger partial charge >= 0.3 is 5.97 Å². The van der Waals surface area contributed by atoms with Gasteiger partial charge in [0.1, 0.15) is 11.1 Å². The molecular weight excluding hydrogens is 300 g/mol. The molecule has 0 aliphatic heterocycles. The number of carbonyl (C=O) groups is 1. The zero-order valence-electron chi connectivity index (χ0n) is 12.6. The Morgan fingerprint density at radius 3 is 2.78 bits per heavy atom. The molecule has 0 bridgehead atoms. The number of nitrogens with zero attached hydrogens (tertiary/aromatic N) is 2. The lowest BCUT2D eigenvalue weighted by Gasteiger charge is -2.14. The van der Waals surface area contributed by atoms with E-state index in [9.17, 15) is 14.8 Å². The molecule has 0 aliphatic carbocycles. The average Bonchev–Trinajstić information content (AvgIpc) is 2.54. The van der Waals surface area contributed by atoms with Crippen molar-refractivity contribution in [2.45, 2.75) is 6.92 Å². The summed E-state index contributed by atoms with van der Waals surface area (Å²) in [5.74, 6) is -0.730. The Hall–Kier alpha value is -2.93. The summed E-state index contributed by atoms with van der Waals surface area (Å²) in [6.07, 6.45) is 0. The van der Waals surface area contributed by atoms with E-state index in [4.69, 9.17) is 9.15 Å². The van der Waals surface area contributed by atoms with E-state index >= 15 is 0 Å². The summed E-state index contributed by atoms with van der Waals surface area (Å²) in [5, 5.41) is 10.8. The number of fused-ring (bicyclic) bond motifs is 2. The van der Waals surface area contributed by atoms with Crippen LogP contribution in [0.5, 0.6) is 0 Å². The number of esters is 1. The maximum absolute atomic E-state index is 12.5. The van der Waals surface area contributed by atoms with Crippen LogP contribution in [-0.2, 0) is 4.74 Å². The van der Waals surface area contributed by atoms with Crippen LogP contribution in [0.2, 0.25) is 0 Å². The van der Waals surface area contributed by atoms with Crippen LogP contribution in [-0.4, -0.2) is 29.8 Å². The van der Waals surface area contributed by atoms with E-state index in [0.717, 1.165) is 0 Å². The molecule has 0 fully saturated rings. The van der Waals surface area contributed by atoms with Gasteiger partial charge < -0.3 is 9.15 Å². The molecule has 0 radical (unpaired) electrons. The number of hydroxylamine groups is 1. The average molecular weight is 314 g/mol. The van der Waals surface area contributed by atoms with Crippen molar-refractivity contribution in [3.05, 3.63) is 46.1 Å². The largest absolute Gasteiger partial charge is 0.462 e. The molecule has 0 unspecified atom stereocenters. The first-order valence-electron chi connectivity index (χ1n) is 6.99. The lowest BCUT2D eigenvalue weighted by atomic mass is 10.1. The van der Waals surface area contributed by atoms with Crippen molar-refractivity contribution in [1.82, 2.24) is 4.98 Å². The van der Waals surface area contributed by atoms with Crippen molar-refractivity contribution in [1.29, 1.82) is 0 Å². The molecule has 2 aromatic heterocycles. The lowest BCUT2D eigenvalue weighted by molar-refractivity contribution is 0.0525. The Bertz CT molecular complexity index is 962. The summed E-state index contributed by atoms with van der Waals surface area (Å²) in [7, 11) is 1.31. The zero-order chi connectivity index (χ0) is 16.6. The van der Waals surface area contributed by atoms with Gasteiger partial charge in [0, 0.05) is 13.1 Å². The van der Waals surface area contributed by atoms with Gasteiger partial charge in [-0.15, -0.1) is 0 Å². The maximum Gasteiger partial charge on any atom is 0.342 e.